The summed E-state index contributed by atoms with van der Waals surface area (Å²) >= 11 is 0. The van der Waals surface area contributed by atoms with Crippen LogP contribution < -0.4 is 5.56 Å². The third-order valence-electron chi connectivity index (χ3n) is 3.23. The summed E-state index contributed by atoms with van der Waals surface area (Å²) < 4.78 is 0. The van der Waals surface area contributed by atoms with Gasteiger partial charge in [-0.2, -0.15) is 5.11 Å². The molecule has 3 N–H and O–H groups in total. The highest BCUT2D eigenvalue weighted by Crippen LogP contribution is 2.24. The Hall–Kier alpha value is -3.55. The lowest BCUT2D eigenvalue weighted by atomic mass is 10.1. The molecule has 120 valence electrons. The number of hydrogen-bond donors (Lipinski definition) is 3. The zero-order valence-corrected chi connectivity index (χ0v) is 12.4. The number of azo groups is 1. The molecule has 0 aliphatic heterocycles. The largest absolute Gasteiger partial charge is 0.481 e. The van der Waals surface area contributed by atoms with Gasteiger partial charge in [0.15, 0.2) is 5.69 Å². The standard InChI is InChI=1S/C16H13N5O3/c22-13(23)9-10-4-6-11(7-5-10)18-20-15-14(19-21-16(15)24)12-3-1-2-8-17-12/h1-8H,9H2,(H,22,23)(H2,19,21,24). The number of carboxylic acids is 1. The Morgan fingerprint density at radius 1 is 1.08 bits per heavy atom. The average molecular weight is 323 g/mol. The van der Waals surface area contributed by atoms with E-state index in [0.29, 0.717) is 22.6 Å². The van der Waals surface area contributed by atoms with Gasteiger partial charge in [-0.05, 0) is 29.8 Å². The average Bonchev–Trinajstić information content (AvgIpc) is 2.95. The van der Waals surface area contributed by atoms with Crippen LogP contribution in [-0.2, 0) is 11.2 Å². The highest BCUT2D eigenvalue weighted by atomic mass is 16.4. The maximum atomic E-state index is 11.9. The minimum atomic E-state index is -0.900. The van der Waals surface area contributed by atoms with Gasteiger partial charge in [-0.1, -0.05) is 18.2 Å². The van der Waals surface area contributed by atoms with Gasteiger partial charge in [0, 0.05) is 6.20 Å². The Morgan fingerprint density at radius 2 is 1.88 bits per heavy atom. The molecular weight excluding hydrogens is 310 g/mol. The van der Waals surface area contributed by atoms with Crippen molar-refractivity contribution in [1.82, 2.24) is 15.2 Å². The molecule has 0 saturated carbocycles. The number of rotatable bonds is 5. The summed E-state index contributed by atoms with van der Waals surface area (Å²) in [4.78, 5) is 26.7. The number of carbonyl (C=O) groups is 1. The van der Waals surface area contributed by atoms with Crippen LogP contribution in [0.3, 0.4) is 0 Å². The molecule has 0 spiro atoms. The fraction of sp³-hybridized carbons (Fsp3) is 0.0625. The van der Waals surface area contributed by atoms with Gasteiger partial charge in [0.2, 0.25) is 0 Å². The SMILES string of the molecule is O=C(O)Cc1ccc(N=Nc2c(-c3ccccn3)[nH][nH]c2=O)cc1. The second-order valence-corrected chi connectivity index (χ2v) is 4.95. The first-order valence-electron chi connectivity index (χ1n) is 7.08. The molecule has 0 unspecified atom stereocenters. The van der Waals surface area contributed by atoms with E-state index in [1.807, 2.05) is 0 Å². The van der Waals surface area contributed by atoms with Crippen LogP contribution in [0.1, 0.15) is 5.56 Å². The van der Waals surface area contributed by atoms with E-state index in [4.69, 9.17) is 5.11 Å². The number of pyridine rings is 1. The van der Waals surface area contributed by atoms with E-state index in [-0.39, 0.29) is 12.1 Å². The van der Waals surface area contributed by atoms with E-state index in [2.05, 4.69) is 25.4 Å². The lowest BCUT2D eigenvalue weighted by Crippen LogP contribution is -1.99. The van der Waals surface area contributed by atoms with Gasteiger partial charge in [-0.25, -0.2) is 0 Å². The minimum absolute atomic E-state index is 0.0568. The highest BCUT2D eigenvalue weighted by Gasteiger charge is 2.12. The van der Waals surface area contributed by atoms with E-state index in [1.54, 1.807) is 48.7 Å². The Labute approximate surface area is 135 Å². The van der Waals surface area contributed by atoms with Crippen molar-refractivity contribution in [3.8, 4) is 11.4 Å². The number of aromatic amines is 2. The number of carboxylic acid groups (broad SMARTS) is 1. The topological polar surface area (TPSA) is 124 Å². The van der Waals surface area contributed by atoms with Crippen molar-refractivity contribution in [2.75, 3.05) is 0 Å². The van der Waals surface area contributed by atoms with Crippen molar-refractivity contribution in [3.63, 3.8) is 0 Å². The molecule has 8 heteroatoms. The van der Waals surface area contributed by atoms with Gasteiger partial charge in [-0.15, -0.1) is 5.11 Å². The minimum Gasteiger partial charge on any atom is -0.481 e. The van der Waals surface area contributed by atoms with E-state index in [9.17, 15) is 9.59 Å². The zero-order chi connectivity index (χ0) is 16.9. The van der Waals surface area contributed by atoms with Crippen LogP contribution in [0.2, 0.25) is 0 Å². The number of nitrogens with zero attached hydrogens (tertiary/aromatic N) is 3. The zero-order valence-electron chi connectivity index (χ0n) is 12.4. The number of benzene rings is 1. The van der Waals surface area contributed by atoms with Crippen molar-refractivity contribution in [3.05, 3.63) is 64.6 Å². The first kappa shape index (κ1) is 15.3. The molecule has 0 aliphatic carbocycles. The molecule has 0 radical (unpaired) electrons. The molecule has 2 heterocycles. The highest BCUT2D eigenvalue weighted by molar-refractivity contribution is 5.70. The molecule has 2 aromatic heterocycles. The van der Waals surface area contributed by atoms with Crippen molar-refractivity contribution in [2.45, 2.75) is 6.42 Å². The predicted octanol–water partition coefficient (Wildman–Crippen LogP) is 2.81. The summed E-state index contributed by atoms with van der Waals surface area (Å²) in [5.74, 6) is -0.900. The molecule has 3 aromatic rings. The molecule has 8 nitrogen and oxygen atoms in total. The Kier molecular flexibility index (Phi) is 4.28. The summed E-state index contributed by atoms with van der Waals surface area (Å²) in [5, 5.41) is 22.0. The third kappa shape index (κ3) is 3.43. The second kappa shape index (κ2) is 6.69. The number of H-pyrrole nitrogens is 2. The second-order valence-electron chi connectivity index (χ2n) is 4.95. The summed E-state index contributed by atoms with van der Waals surface area (Å²) in [6.07, 6.45) is 1.56. The van der Waals surface area contributed by atoms with Crippen molar-refractivity contribution >= 4 is 17.3 Å². The quantitative estimate of drug-likeness (QED) is 0.624. The Balaban J connectivity index is 1.86. The normalized spacial score (nSPS) is 11.0. The Morgan fingerprint density at radius 3 is 2.54 bits per heavy atom. The molecule has 0 bridgehead atoms. The van der Waals surface area contributed by atoms with Gasteiger partial charge in [0.25, 0.3) is 5.56 Å². The number of nitrogens with one attached hydrogen (secondary N) is 2. The van der Waals surface area contributed by atoms with Crippen LogP contribution >= 0.6 is 0 Å². The molecule has 1 aromatic carbocycles. The van der Waals surface area contributed by atoms with E-state index in [0.717, 1.165) is 0 Å². The first-order valence-corrected chi connectivity index (χ1v) is 7.08. The van der Waals surface area contributed by atoms with Gasteiger partial charge in [-0.3, -0.25) is 24.8 Å². The molecule has 3 rings (SSSR count). The van der Waals surface area contributed by atoms with Crippen LogP contribution in [0.15, 0.2) is 63.7 Å². The molecule has 24 heavy (non-hydrogen) atoms. The summed E-state index contributed by atoms with van der Waals surface area (Å²) in [5.41, 5.74) is 1.92. The number of aliphatic carboxylic acids is 1. The van der Waals surface area contributed by atoms with Gasteiger partial charge in [0.1, 0.15) is 5.69 Å². The predicted molar refractivity (Wildman–Crippen MR) is 86.6 cm³/mol. The lowest BCUT2D eigenvalue weighted by molar-refractivity contribution is -0.136. The summed E-state index contributed by atoms with van der Waals surface area (Å²) in [6, 6.07) is 11.9. The molecule has 0 atom stereocenters. The molecular formula is C16H13N5O3. The lowest BCUT2D eigenvalue weighted by Gasteiger charge is -1.98. The van der Waals surface area contributed by atoms with Crippen molar-refractivity contribution in [1.29, 1.82) is 0 Å². The van der Waals surface area contributed by atoms with Gasteiger partial charge >= 0.3 is 5.97 Å². The first-order chi connectivity index (χ1) is 11.6. The number of aromatic nitrogens is 3. The van der Waals surface area contributed by atoms with E-state index < -0.39 is 11.5 Å². The van der Waals surface area contributed by atoms with Crippen LogP contribution in [0, 0.1) is 0 Å². The van der Waals surface area contributed by atoms with Gasteiger partial charge < -0.3 is 5.11 Å². The van der Waals surface area contributed by atoms with Crippen LogP contribution in [0.25, 0.3) is 11.4 Å². The fourth-order valence-corrected chi connectivity index (χ4v) is 2.11. The van der Waals surface area contributed by atoms with Crippen LogP contribution in [0.5, 0.6) is 0 Å². The Bertz CT molecular complexity index is 926. The maximum Gasteiger partial charge on any atom is 0.307 e. The van der Waals surface area contributed by atoms with E-state index >= 15 is 0 Å². The molecule has 0 saturated heterocycles. The van der Waals surface area contributed by atoms with E-state index in [1.165, 1.54) is 0 Å². The maximum absolute atomic E-state index is 11.9. The van der Waals surface area contributed by atoms with Crippen LogP contribution in [-0.4, -0.2) is 26.3 Å². The smallest absolute Gasteiger partial charge is 0.307 e. The monoisotopic (exact) mass is 323 g/mol. The molecule has 0 aliphatic rings. The third-order valence-corrected chi connectivity index (χ3v) is 3.23. The molecule has 0 amide bonds. The van der Waals surface area contributed by atoms with Gasteiger partial charge in [0.05, 0.1) is 17.8 Å². The van der Waals surface area contributed by atoms with Crippen molar-refractivity contribution in [2.24, 2.45) is 10.2 Å². The van der Waals surface area contributed by atoms with Crippen LogP contribution in [0.4, 0.5) is 11.4 Å². The van der Waals surface area contributed by atoms with Crippen molar-refractivity contribution < 1.29 is 9.90 Å². The molecule has 0 fully saturated rings. The summed E-state index contributed by atoms with van der Waals surface area (Å²) in [6.45, 7) is 0. The fourth-order valence-electron chi connectivity index (χ4n) is 2.11. The number of hydrogen-bond acceptors (Lipinski definition) is 5. The summed E-state index contributed by atoms with van der Waals surface area (Å²) in [7, 11) is 0.